The number of carbonyl (C=O) groups excluding carboxylic acids is 1. The number of hydrogen-bond donors (Lipinski definition) is 1. The molecule has 1 aliphatic rings. The van der Waals surface area contributed by atoms with E-state index in [1.54, 1.807) is 0 Å². The monoisotopic (exact) mass is 218 g/mol. The number of nitrogens with zero attached hydrogens (tertiary/aromatic N) is 1. The second-order valence-corrected chi connectivity index (χ2v) is 4.30. The third-order valence-corrected chi connectivity index (χ3v) is 3.08. The summed E-state index contributed by atoms with van der Waals surface area (Å²) in [5, 5.41) is 0. The van der Waals surface area contributed by atoms with Gasteiger partial charge in [-0.15, -0.1) is 0 Å². The Kier molecular flexibility index (Phi) is 3.13. The Hall–Kier alpha value is -1.51. The third-order valence-electron chi connectivity index (χ3n) is 3.08. The highest BCUT2D eigenvalue weighted by Gasteiger charge is 2.17. The number of amides is 1. The van der Waals surface area contributed by atoms with Gasteiger partial charge < -0.3 is 10.6 Å². The van der Waals surface area contributed by atoms with E-state index in [4.69, 9.17) is 5.73 Å². The number of aryl methyl sites for hydroxylation is 1. The van der Waals surface area contributed by atoms with Crippen molar-refractivity contribution in [3.05, 3.63) is 29.3 Å². The Bertz CT molecular complexity index is 401. The van der Waals surface area contributed by atoms with Crippen molar-refractivity contribution in [2.45, 2.75) is 26.2 Å². The van der Waals surface area contributed by atoms with Crippen molar-refractivity contribution in [2.75, 3.05) is 18.0 Å². The zero-order valence-corrected chi connectivity index (χ0v) is 9.70. The highest BCUT2D eigenvalue weighted by atomic mass is 16.1. The van der Waals surface area contributed by atoms with Gasteiger partial charge in [0.2, 0.25) is 5.91 Å². The fourth-order valence-electron chi connectivity index (χ4n) is 2.31. The van der Waals surface area contributed by atoms with Gasteiger partial charge in [-0.25, -0.2) is 0 Å². The van der Waals surface area contributed by atoms with Crippen LogP contribution in [0.5, 0.6) is 0 Å². The first-order valence-corrected chi connectivity index (χ1v) is 5.90. The summed E-state index contributed by atoms with van der Waals surface area (Å²) in [4.78, 5) is 13.5. The van der Waals surface area contributed by atoms with Gasteiger partial charge in [-0.05, 0) is 37.0 Å². The first kappa shape index (κ1) is 11.0. The third kappa shape index (κ3) is 2.03. The maximum atomic E-state index is 11.2. The molecule has 0 atom stereocenters. The molecule has 1 aromatic rings. The standard InChI is InChI=1S/C13H18N2O/c1-2-7-15-8-3-4-10-5-6-11(13(14)16)9-12(10)15/h5-6,9H,2-4,7-8H2,1H3,(H2,14,16). The first-order chi connectivity index (χ1) is 7.72. The van der Waals surface area contributed by atoms with Crippen LogP contribution in [-0.2, 0) is 6.42 Å². The summed E-state index contributed by atoms with van der Waals surface area (Å²) in [6, 6.07) is 5.81. The van der Waals surface area contributed by atoms with Crippen molar-refractivity contribution in [3.63, 3.8) is 0 Å². The molecule has 1 aromatic carbocycles. The maximum Gasteiger partial charge on any atom is 0.248 e. The van der Waals surface area contributed by atoms with Crippen LogP contribution in [0.4, 0.5) is 5.69 Å². The van der Waals surface area contributed by atoms with E-state index in [0.29, 0.717) is 5.56 Å². The molecule has 0 fully saturated rings. The molecule has 0 unspecified atom stereocenters. The summed E-state index contributed by atoms with van der Waals surface area (Å²) < 4.78 is 0. The molecule has 0 saturated carbocycles. The van der Waals surface area contributed by atoms with Gasteiger partial charge in [0, 0.05) is 24.3 Å². The fraction of sp³-hybridized carbons (Fsp3) is 0.462. The second-order valence-electron chi connectivity index (χ2n) is 4.30. The Morgan fingerprint density at radius 1 is 1.50 bits per heavy atom. The second kappa shape index (κ2) is 4.56. The van der Waals surface area contributed by atoms with Crippen molar-refractivity contribution in [1.29, 1.82) is 0 Å². The molecule has 1 heterocycles. The number of primary amides is 1. The van der Waals surface area contributed by atoms with Gasteiger partial charge in [-0.1, -0.05) is 13.0 Å². The van der Waals surface area contributed by atoms with Gasteiger partial charge in [0.25, 0.3) is 0 Å². The lowest BCUT2D eigenvalue weighted by Crippen LogP contribution is -2.30. The van der Waals surface area contributed by atoms with E-state index < -0.39 is 0 Å². The van der Waals surface area contributed by atoms with E-state index in [0.717, 1.165) is 25.9 Å². The predicted octanol–water partition coefficient (Wildman–Crippen LogP) is 1.95. The average Bonchev–Trinajstić information content (AvgIpc) is 2.29. The normalized spacial score (nSPS) is 14.7. The van der Waals surface area contributed by atoms with E-state index in [1.807, 2.05) is 18.2 Å². The van der Waals surface area contributed by atoms with Gasteiger partial charge in [0.1, 0.15) is 0 Å². The zero-order chi connectivity index (χ0) is 11.5. The quantitative estimate of drug-likeness (QED) is 0.842. The smallest absolute Gasteiger partial charge is 0.248 e. The highest BCUT2D eigenvalue weighted by Crippen LogP contribution is 2.28. The first-order valence-electron chi connectivity index (χ1n) is 5.90. The van der Waals surface area contributed by atoms with Crippen LogP contribution in [0.2, 0.25) is 0 Å². The molecule has 86 valence electrons. The largest absolute Gasteiger partial charge is 0.371 e. The van der Waals surface area contributed by atoms with Crippen LogP contribution in [0.3, 0.4) is 0 Å². The molecular formula is C13H18N2O. The maximum absolute atomic E-state index is 11.2. The van der Waals surface area contributed by atoms with Crippen molar-refractivity contribution in [3.8, 4) is 0 Å². The number of fused-ring (bicyclic) bond motifs is 1. The number of carbonyl (C=O) groups is 1. The minimum atomic E-state index is -0.343. The van der Waals surface area contributed by atoms with E-state index in [-0.39, 0.29) is 5.91 Å². The lowest BCUT2D eigenvalue weighted by molar-refractivity contribution is 0.100. The molecule has 0 bridgehead atoms. The summed E-state index contributed by atoms with van der Waals surface area (Å²) in [5.74, 6) is -0.343. The average molecular weight is 218 g/mol. The Morgan fingerprint density at radius 3 is 3.00 bits per heavy atom. The van der Waals surface area contributed by atoms with Crippen LogP contribution in [0.15, 0.2) is 18.2 Å². The summed E-state index contributed by atoms with van der Waals surface area (Å²) in [7, 11) is 0. The molecule has 0 aliphatic carbocycles. The lowest BCUT2D eigenvalue weighted by Gasteiger charge is -2.31. The Morgan fingerprint density at radius 2 is 2.31 bits per heavy atom. The summed E-state index contributed by atoms with van der Waals surface area (Å²) in [6.45, 7) is 4.31. The molecule has 3 nitrogen and oxygen atoms in total. The molecule has 1 amide bonds. The summed E-state index contributed by atoms with van der Waals surface area (Å²) in [6.07, 6.45) is 3.43. The van der Waals surface area contributed by atoms with Gasteiger partial charge >= 0.3 is 0 Å². The minimum Gasteiger partial charge on any atom is -0.371 e. The van der Waals surface area contributed by atoms with E-state index in [9.17, 15) is 4.79 Å². The Labute approximate surface area is 96.2 Å². The van der Waals surface area contributed by atoms with E-state index >= 15 is 0 Å². The van der Waals surface area contributed by atoms with E-state index in [1.165, 1.54) is 17.7 Å². The number of anilines is 1. The molecule has 16 heavy (non-hydrogen) atoms. The van der Waals surface area contributed by atoms with Crippen molar-refractivity contribution < 1.29 is 4.79 Å². The fourth-order valence-corrected chi connectivity index (χ4v) is 2.31. The summed E-state index contributed by atoms with van der Waals surface area (Å²) in [5.41, 5.74) is 8.46. The van der Waals surface area contributed by atoms with Crippen molar-refractivity contribution in [1.82, 2.24) is 0 Å². The van der Waals surface area contributed by atoms with Gasteiger partial charge in [0.05, 0.1) is 0 Å². The highest BCUT2D eigenvalue weighted by molar-refractivity contribution is 5.94. The molecule has 2 rings (SSSR count). The lowest BCUT2D eigenvalue weighted by atomic mass is 9.99. The molecule has 0 radical (unpaired) electrons. The van der Waals surface area contributed by atoms with E-state index in [2.05, 4.69) is 11.8 Å². The molecule has 2 N–H and O–H groups in total. The van der Waals surface area contributed by atoms with Crippen molar-refractivity contribution >= 4 is 11.6 Å². The van der Waals surface area contributed by atoms with Crippen molar-refractivity contribution in [2.24, 2.45) is 5.73 Å². The topological polar surface area (TPSA) is 46.3 Å². The number of hydrogen-bond acceptors (Lipinski definition) is 2. The zero-order valence-electron chi connectivity index (χ0n) is 9.70. The molecular weight excluding hydrogens is 200 g/mol. The van der Waals surface area contributed by atoms with Crippen LogP contribution in [0.25, 0.3) is 0 Å². The minimum absolute atomic E-state index is 0.343. The van der Waals surface area contributed by atoms with Crippen LogP contribution in [0.1, 0.15) is 35.7 Å². The number of nitrogens with two attached hydrogens (primary N) is 1. The molecule has 3 heteroatoms. The SMILES string of the molecule is CCCN1CCCc2ccc(C(N)=O)cc21. The molecule has 0 saturated heterocycles. The van der Waals surface area contributed by atoms with Crippen LogP contribution >= 0.6 is 0 Å². The summed E-state index contributed by atoms with van der Waals surface area (Å²) >= 11 is 0. The molecule has 0 aromatic heterocycles. The van der Waals surface area contributed by atoms with Gasteiger partial charge in [-0.3, -0.25) is 4.79 Å². The number of benzene rings is 1. The molecule has 1 aliphatic heterocycles. The van der Waals surface area contributed by atoms with Gasteiger partial charge in [-0.2, -0.15) is 0 Å². The Balaban J connectivity index is 2.36. The van der Waals surface area contributed by atoms with Crippen LogP contribution in [-0.4, -0.2) is 19.0 Å². The molecule has 0 spiro atoms. The number of rotatable bonds is 3. The predicted molar refractivity (Wildman–Crippen MR) is 65.8 cm³/mol. The van der Waals surface area contributed by atoms with Gasteiger partial charge in [0.15, 0.2) is 0 Å². The van der Waals surface area contributed by atoms with Crippen LogP contribution in [0, 0.1) is 0 Å². The van der Waals surface area contributed by atoms with Crippen LogP contribution < -0.4 is 10.6 Å².